The monoisotopic (exact) mass is 508 g/mol. The number of carbonyl (C=O) groups excluding carboxylic acids is 1. The number of nitrogens with one attached hydrogen (secondary N) is 1. The first-order valence-electron chi connectivity index (χ1n) is 9.09. The molecule has 0 radical (unpaired) electrons. The molecule has 1 aliphatic rings. The van der Waals surface area contributed by atoms with E-state index in [0.29, 0.717) is 4.60 Å². The maximum atomic E-state index is 14.3. The number of amides is 1. The Morgan fingerprint density at radius 2 is 1.97 bits per heavy atom. The molecule has 0 spiro atoms. The number of hydrogen-bond acceptors (Lipinski definition) is 4. The Kier molecular flexibility index (Phi) is 6.30. The lowest BCUT2D eigenvalue weighted by Gasteiger charge is -2.32. The summed E-state index contributed by atoms with van der Waals surface area (Å²) in [7, 11) is 1.06. The molecule has 2 aromatic rings. The normalized spacial score (nSPS) is 26.0. The Labute approximate surface area is 183 Å². The molecule has 1 fully saturated rings. The van der Waals surface area contributed by atoms with Gasteiger partial charge in [0.05, 0.1) is 7.11 Å². The lowest BCUT2D eigenvalue weighted by atomic mass is 9.77. The summed E-state index contributed by atoms with van der Waals surface area (Å²) in [6.07, 6.45) is -5.11. The number of benzene rings is 1. The summed E-state index contributed by atoms with van der Waals surface area (Å²) < 4.78 is 80.3. The largest absolute Gasteiger partial charge is 0.493 e. The fraction of sp³-hybridized carbons (Fsp3) is 0.400. The van der Waals surface area contributed by atoms with Crippen molar-refractivity contribution in [3.8, 4) is 5.75 Å². The number of carbonyl (C=O) groups is 1. The van der Waals surface area contributed by atoms with E-state index in [-0.39, 0.29) is 11.3 Å². The maximum absolute atomic E-state index is 14.3. The number of ether oxygens (including phenoxy) is 2. The van der Waals surface area contributed by atoms with Gasteiger partial charge in [-0.2, -0.15) is 17.6 Å². The lowest BCUT2D eigenvalue weighted by molar-refractivity contribution is -0.272. The van der Waals surface area contributed by atoms with Crippen LogP contribution in [0, 0.1) is 17.6 Å². The van der Waals surface area contributed by atoms with Gasteiger partial charge in [0.25, 0.3) is 5.91 Å². The topological polar surface area (TPSA) is 60.5 Å². The first-order valence-corrected chi connectivity index (χ1v) is 9.89. The average Bonchev–Trinajstić information content (AvgIpc) is 2.96. The van der Waals surface area contributed by atoms with Gasteiger partial charge in [0.15, 0.2) is 17.2 Å². The van der Waals surface area contributed by atoms with Gasteiger partial charge in [0, 0.05) is 29.3 Å². The van der Waals surface area contributed by atoms with Crippen molar-refractivity contribution >= 4 is 27.5 Å². The van der Waals surface area contributed by atoms with E-state index in [4.69, 9.17) is 9.47 Å². The van der Waals surface area contributed by atoms with Crippen LogP contribution in [0.5, 0.6) is 5.75 Å². The molecule has 5 nitrogen and oxygen atoms in total. The standard InChI is InChI=1S/C20H18BrF5N2O3/c1-9-14(11-4-5-12(22)15(23)16(11)30-3)17(31-19(9,2)20(24,25)26)18(29)28-10-6-7-27-13(21)8-10/h4-9,14,17H,1-3H3,(H,27,28,29)/t9-,14-,17+,19+/m0/s1. The zero-order valence-electron chi connectivity index (χ0n) is 16.6. The van der Waals surface area contributed by atoms with Gasteiger partial charge in [-0.3, -0.25) is 4.79 Å². The minimum atomic E-state index is -4.83. The Bertz CT molecular complexity index is 1000. The van der Waals surface area contributed by atoms with Crippen LogP contribution in [-0.4, -0.2) is 35.9 Å². The van der Waals surface area contributed by atoms with Crippen molar-refractivity contribution in [1.29, 1.82) is 0 Å². The van der Waals surface area contributed by atoms with Crippen LogP contribution in [0.15, 0.2) is 35.1 Å². The summed E-state index contributed by atoms with van der Waals surface area (Å²) in [6.45, 7) is 2.07. The van der Waals surface area contributed by atoms with Crippen molar-refractivity contribution in [2.45, 2.75) is 37.6 Å². The molecule has 2 heterocycles. The van der Waals surface area contributed by atoms with E-state index in [1.54, 1.807) is 0 Å². The van der Waals surface area contributed by atoms with E-state index in [2.05, 4.69) is 26.2 Å². The minimum absolute atomic E-state index is 0.0991. The van der Waals surface area contributed by atoms with Crippen molar-refractivity contribution in [1.82, 2.24) is 4.98 Å². The highest BCUT2D eigenvalue weighted by Gasteiger charge is 2.65. The summed E-state index contributed by atoms with van der Waals surface area (Å²) in [5, 5.41) is 2.49. The van der Waals surface area contributed by atoms with Crippen LogP contribution in [0.1, 0.15) is 25.3 Å². The third-order valence-corrected chi connectivity index (χ3v) is 6.00. The van der Waals surface area contributed by atoms with Gasteiger partial charge >= 0.3 is 6.18 Å². The number of anilines is 1. The zero-order valence-corrected chi connectivity index (χ0v) is 18.1. The van der Waals surface area contributed by atoms with Gasteiger partial charge < -0.3 is 14.8 Å². The Hall–Kier alpha value is -2.27. The quantitative estimate of drug-likeness (QED) is 0.455. The van der Waals surface area contributed by atoms with Gasteiger partial charge in [-0.1, -0.05) is 13.0 Å². The number of rotatable bonds is 4. The molecule has 1 aliphatic heterocycles. The van der Waals surface area contributed by atoms with Crippen LogP contribution in [0.25, 0.3) is 0 Å². The second-order valence-corrected chi connectivity index (χ2v) is 8.11. The highest BCUT2D eigenvalue weighted by molar-refractivity contribution is 9.10. The van der Waals surface area contributed by atoms with Crippen molar-refractivity contribution < 1.29 is 36.2 Å². The molecule has 3 rings (SSSR count). The van der Waals surface area contributed by atoms with Gasteiger partial charge in [-0.25, -0.2) is 9.37 Å². The van der Waals surface area contributed by atoms with E-state index >= 15 is 0 Å². The number of pyridine rings is 1. The average molecular weight is 509 g/mol. The molecule has 0 saturated carbocycles. The SMILES string of the molecule is COc1c([C@H]2[C@H](C(=O)Nc3ccnc(Br)c3)O[C@@](C)(C(F)(F)F)[C@H]2C)ccc(F)c1F. The summed E-state index contributed by atoms with van der Waals surface area (Å²) >= 11 is 3.14. The predicted molar refractivity (Wildman–Crippen MR) is 105 cm³/mol. The van der Waals surface area contributed by atoms with E-state index in [1.165, 1.54) is 25.3 Å². The van der Waals surface area contributed by atoms with E-state index < -0.39 is 53.0 Å². The number of nitrogens with zero attached hydrogens (tertiary/aromatic N) is 1. The number of aromatic nitrogens is 1. The second-order valence-electron chi connectivity index (χ2n) is 7.30. The number of methoxy groups -OCH3 is 1. The predicted octanol–water partition coefficient (Wildman–Crippen LogP) is 5.21. The highest BCUT2D eigenvalue weighted by Crippen LogP contribution is 2.55. The van der Waals surface area contributed by atoms with Crippen molar-refractivity contribution in [2.24, 2.45) is 5.92 Å². The number of alkyl halides is 3. The molecule has 31 heavy (non-hydrogen) atoms. The van der Waals surface area contributed by atoms with Crippen LogP contribution in [-0.2, 0) is 9.53 Å². The zero-order chi connectivity index (χ0) is 23.1. The lowest BCUT2D eigenvalue weighted by Crippen LogP contribution is -2.47. The van der Waals surface area contributed by atoms with Gasteiger partial charge in [0.2, 0.25) is 5.82 Å². The fourth-order valence-electron chi connectivity index (χ4n) is 3.73. The van der Waals surface area contributed by atoms with Gasteiger partial charge in [0.1, 0.15) is 10.7 Å². The first-order chi connectivity index (χ1) is 14.4. The summed E-state index contributed by atoms with van der Waals surface area (Å²) in [6, 6.07) is 4.77. The summed E-state index contributed by atoms with van der Waals surface area (Å²) in [4.78, 5) is 16.9. The fourth-order valence-corrected chi connectivity index (χ4v) is 4.10. The molecule has 1 saturated heterocycles. The molecule has 1 N–H and O–H groups in total. The smallest absolute Gasteiger partial charge is 0.417 e. The second kappa shape index (κ2) is 8.34. The Balaban J connectivity index is 2.09. The molecule has 11 heteroatoms. The number of hydrogen-bond donors (Lipinski definition) is 1. The molecular formula is C20H18BrF5N2O3. The van der Waals surface area contributed by atoms with Crippen LogP contribution < -0.4 is 10.1 Å². The summed E-state index contributed by atoms with van der Waals surface area (Å²) in [5.74, 6) is -6.64. The molecule has 0 unspecified atom stereocenters. The van der Waals surface area contributed by atoms with E-state index in [0.717, 1.165) is 26.2 Å². The van der Waals surface area contributed by atoms with Gasteiger partial charge in [-0.15, -0.1) is 0 Å². The minimum Gasteiger partial charge on any atom is -0.493 e. The van der Waals surface area contributed by atoms with Crippen LogP contribution in [0.2, 0.25) is 0 Å². The van der Waals surface area contributed by atoms with Crippen molar-refractivity contribution in [2.75, 3.05) is 12.4 Å². The third kappa shape index (κ3) is 4.12. The van der Waals surface area contributed by atoms with Gasteiger partial charge in [-0.05, 0) is 41.1 Å². The van der Waals surface area contributed by atoms with Crippen LogP contribution in [0.3, 0.4) is 0 Å². The first kappa shape index (κ1) is 23.4. The third-order valence-electron chi connectivity index (χ3n) is 5.56. The van der Waals surface area contributed by atoms with Crippen LogP contribution >= 0.6 is 15.9 Å². The van der Waals surface area contributed by atoms with E-state index in [1.807, 2.05) is 0 Å². The molecule has 1 aromatic carbocycles. The molecule has 168 valence electrons. The highest BCUT2D eigenvalue weighted by atomic mass is 79.9. The molecule has 1 amide bonds. The van der Waals surface area contributed by atoms with E-state index in [9.17, 15) is 26.7 Å². The summed E-state index contributed by atoms with van der Waals surface area (Å²) in [5.41, 5.74) is -2.55. The molecular weight excluding hydrogens is 491 g/mol. The van der Waals surface area contributed by atoms with Crippen molar-refractivity contribution in [3.05, 3.63) is 52.3 Å². The Morgan fingerprint density at radius 3 is 2.55 bits per heavy atom. The van der Waals surface area contributed by atoms with Crippen LogP contribution in [0.4, 0.5) is 27.6 Å². The van der Waals surface area contributed by atoms with Crippen molar-refractivity contribution in [3.63, 3.8) is 0 Å². The molecule has 0 bridgehead atoms. The molecule has 1 aromatic heterocycles. The molecule has 4 atom stereocenters. The maximum Gasteiger partial charge on any atom is 0.417 e. The number of halogens is 6. The Morgan fingerprint density at radius 1 is 1.29 bits per heavy atom. The molecule has 0 aliphatic carbocycles.